The van der Waals surface area contributed by atoms with Gasteiger partial charge in [-0.3, -0.25) is 0 Å². The first kappa shape index (κ1) is 13.6. The first-order valence-electron chi connectivity index (χ1n) is 8.96. The van der Waals surface area contributed by atoms with Gasteiger partial charge in [-0.25, -0.2) is 4.79 Å². The smallest absolute Gasteiger partial charge is 0.318 e. The number of rotatable bonds is 1. The van der Waals surface area contributed by atoms with E-state index in [1.165, 1.54) is 30.4 Å². The third-order valence-corrected chi connectivity index (χ3v) is 6.52. The minimum absolute atomic E-state index is 0.0371. The van der Waals surface area contributed by atoms with E-state index in [1.807, 2.05) is 4.90 Å². The van der Waals surface area contributed by atoms with E-state index in [9.17, 15) is 4.79 Å². The third-order valence-electron chi connectivity index (χ3n) is 6.52. The fourth-order valence-corrected chi connectivity index (χ4v) is 5.59. The molecule has 3 aliphatic carbocycles. The predicted octanol–water partition coefficient (Wildman–Crippen LogP) is 3.85. The van der Waals surface area contributed by atoms with Gasteiger partial charge in [0.05, 0.1) is 0 Å². The van der Waals surface area contributed by atoms with Crippen molar-refractivity contribution in [1.29, 1.82) is 0 Å². The summed E-state index contributed by atoms with van der Waals surface area (Å²) in [6.07, 6.45) is 7.23. The topological polar surface area (TPSA) is 32.3 Å². The zero-order chi connectivity index (χ0) is 15.6. The predicted molar refractivity (Wildman–Crippen MR) is 89.6 cm³/mol. The summed E-state index contributed by atoms with van der Waals surface area (Å²) in [7, 11) is 0. The number of benzene rings is 1. The maximum absolute atomic E-state index is 12.9. The fraction of sp³-hybridized carbons (Fsp3) is 0.550. The Morgan fingerprint density at radius 1 is 1.17 bits per heavy atom. The summed E-state index contributed by atoms with van der Waals surface area (Å²) in [6.45, 7) is 3.81. The van der Waals surface area contributed by atoms with Crippen molar-refractivity contribution in [2.45, 2.75) is 51.2 Å². The van der Waals surface area contributed by atoms with E-state index in [-0.39, 0.29) is 11.6 Å². The van der Waals surface area contributed by atoms with Gasteiger partial charge in [-0.1, -0.05) is 42.8 Å². The second-order valence-electron chi connectivity index (χ2n) is 8.24. The monoisotopic (exact) mass is 308 g/mol. The number of fused-ring (bicyclic) bond motifs is 2. The second-order valence-corrected chi connectivity index (χ2v) is 8.24. The number of carbonyl (C=O) groups is 1. The summed E-state index contributed by atoms with van der Waals surface area (Å²) < 4.78 is 0. The van der Waals surface area contributed by atoms with Gasteiger partial charge < -0.3 is 10.2 Å². The Labute approximate surface area is 137 Å². The van der Waals surface area contributed by atoms with Crippen LogP contribution in [0.25, 0.3) is 0 Å². The SMILES string of the molecule is CC1C=C2CC3CC(NC(=O)N4Cc5ccccc5C4)(C1)CC23. The second kappa shape index (κ2) is 4.62. The number of carbonyl (C=O) groups excluding carboxylic acids is 1. The third kappa shape index (κ3) is 2.05. The molecule has 4 unspecified atom stereocenters. The van der Waals surface area contributed by atoms with Crippen LogP contribution >= 0.6 is 0 Å². The molecule has 1 heterocycles. The lowest BCUT2D eigenvalue weighted by Crippen LogP contribution is -2.51. The molecule has 2 fully saturated rings. The van der Waals surface area contributed by atoms with Gasteiger partial charge in [0.1, 0.15) is 0 Å². The molecule has 4 aliphatic rings. The van der Waals surface area contributed by atoms with Crippen LogP contribution in [0.2, 0.25) is 0 Å². The molecule has 2 saturated carbocycles. The summed E-state index contributed by atoms with van der Waals surface area (Å²) in [5.74, 6) is 2.17. The molecule has 2 bridgehead atoms. The van der Waals surface area contributed by atoms with Crippen molar-refractivity contribution in [3.05, 3.63) is 47.0 Å². The van der Waals surface area contributed by atoms with Crippen LogP contribution in [-0.4, -0.2) is 16.5 Å². The Morgan fingerprint density at radius 2 is 1.91 bits per heavy atom. The van der Waals surface area contributed by atoms with Crippen molar-refractivity contribution >= 4 is 6.03 Å². The highest BCUT2D eigenvalue weighted by atomic mass is 16.2. The van der Waals surface area contributed by atoms with Crippen LogP contribution in [0, 0.1) is 17.8 Å². The lowest BCUT2D eigenvalue weighted by Gasteiger charge is -2.37. The molecule has 2 amide bonds. The quantitative estimate of drug-likeness (QED) is 0.785. The standard InChI is InChI=1S/C20H24N2O/c1-13-6-16-7-17-9-20(8-13,10-18(16)17)21-19(23)22-11-14-4-2-3-5-15(14)12-22/h2-6,13,17-18H,7-12H2,1H3,(H,21,23). The first-order chi connectivity index (χ1) is 11.1. The van der Waals surface area contributed by atoms with Crippen molar-refractivity contribution in [2.24, 2.45) is 17.8 Å². The molecule has 3 nitrogen and oxygen atoms in total. The minimum Gasteiger partial charge on any atom is -0.332 e. The van der Waals surface area contributed by atoms with Crippen LogP contribution in [0.3, 0.4) is 0 Å². The van der Waals surface area contributed by atoms with Crippen molar-refractivity contribution in [3.8, 4) is 0 Å². The van der Waals surface area contributed by atoms with Gasteiger partial charge in [0.15, 0.2) is 0 Å². The van der Waals surface area contributed by atoms with Crippen LogP contribution in [0.4, 0.5) is 4.79 Å². The number of urea groups is 1. The van der Waals surface area contributed by atoms with Crippen molar-refractivity contribution in [3.63, 3.8) is 0 Å². The maximum atomic E-state index is 12.9. The van der Waals surface area contributed by atoms with Crippen LogP contribution < -0.4 is 5.32 Å². The molecule has 0 spiro atoms. The summed E-state index contributed by atoms with van der Waals surface area (Å²) in [4.78, 5) is 14.9. The normalized spacial score (nSPS) is 36.8. The van der Waals surface area contributed by atoms with E-state index >= 15 is 0 Å². The molecular formula is C20H24N2O. The Morgan fingerprint density at radius 3 is 2.65 bits per heavy atom. The van der Waals surface area contributed by atoms with Crippen LogP contribution in [-0.2, 0) is 13.1 Å². The molecule has 120 valence electrons. The molecule has 0 radical (unpaired) electrons. The molecule has 5 rings (SSSR count). The molecule has 3 heteroatoms. The Kier molecular flexibility index (Phi) is 2.74. The minimum atomic E-state index is 0.0371. The van der Waals surface area contributed by atoms with E-state index in [2.05, 4.69) is 42.6 Å². The number of nitrogens with zero attached hydrogens (tertiary/aromatic N) is 1. The van der Waals surface area contributed by atoms with Gasteiger partial charge in [-0.05, 0) is 54.6 Å². The van der Waals surface area contributed by atoms with E-state index in [1.54, 1.807) is 5.57 Å². The average Bonchev–Trinajstić information content (AvgIpc) is 3.01. The molecule has 0 aromatic heterocycles. The zero-order valence-electron chi connectivity index (χ0n) is 13.7. The van der Waals surface area contributed by atoms with Gasteiger partial charge in [0.2, 0.25) is 0 Å². The van der Waals surface area contributed by atoms with Crippen molar-refractivity contribution in [1.82, 2.24) is 10.2 Å². The molecule has 1 N–H and O–H groups in total. The molecule has 1 aromatic carbocycles. The number of hydrogen-bond acceptors (Lipinski definition) is 1. The number of nitrogens with one attached hydrogen (secondary N) is 1. The van der Waals surface area contributed by atoms with Gasteiger partial charge in [0.25, 0.3) is 0 Å². The Balaban J connectivity index is 1.33. The van der Waals surface area contributed by atoms with Crippen LogP contribution in [0.5, 0.6) is 0 Å². The van der Waals surface area contributed by atoms with Crippen LogP contribution in [0.1, 0.15) is 43.7 Å². The summed E-state index contributed by atoms with van der Waals surface area (Å²) in [5, 5.41) is 3.48. The highest BCUT2D eigenvalue weighted by Gasteiger charge is 2.54. The van der Waals surface area contributed by atoms with E-state index < -0.39 is 0 Å². The zero-order valence-corrected chi connectivity index (χ0v) is 13.7. The molecule has 23 heavy (non-hydrogen) atoms. The first-order valence-corrected chi connectivity index (χ1v) is 8.96. The molecule has 0 saturated heterocycles. The number of allylic oxidation sites excluding steroid dienone is 2. The van der Waals surface area contributed by atoms with Crippen LogP contribution in [0.15, 0.2) is 35.9 Å². The van der Waals surface area contributed by atoms with Gasteiger partial charge in [-0.15, -0.1) is 0 Å². The highest BCUT2D eigenvalue weighted by Crippen LogP contribution is 2.58. The van der Waals surface area contributed by atoms with Gasteiger partial charge in [-0.2, -0.15) is 0 Å². The maximum Gasteiger partial charge on any atom is 0.318 e. The summed E-state index contributed by atoms with van der Waals surface area (Å²) >= 11 is 0. The largest absolute Gasteiger partial charge is 0.332 e. The van der Waals surface area contributed by atoms with Crippen molar-refractivity contribution < 1.29 is 4.79 Å². The van der Waals surface area contributed by atoms with Crippen molar-refractivity contribution in [2.75, 3.05) is 0 Å². The van der Waals surface area contributed by atoms with Gasteiger partial charge >= 0.3 is 6.03 Å². The number of amides is 2. The Bertz CT molecular complexity index is 684. The lowest BCUT2D eigenvalue weighted by molar-refractivity contribution is 0.176. The average molecular weight is 308 g/mol. The molecular weight excluding hydrogens is 284 g/mol. The van der Waals surface area contributed by atoms with E-state index in [0.29, 0.717) is 5.92 Å². The summed E-state index contributed by atoms with van der Waals surface area (Å²) in [6, 6.07) is 8.54. The number of hydrogen-bond donors (Lipinski definition) is 1. The molecule has 4 atom stereocenters. The van der Waals surface area contributed by atoms with E-state index in [4.69, 9.17) is 0 Å². The highest BCUT2D eigenvalue weighted by molar-refractivity contribution is 5.76. The molecule has 1 aliphatic heterocycles. The summed E-state index contributed by atoms with van der Waals surface area (Å²) in [5.41, 5.74) is 4.30. The Hall–Kier alpha value is -1.77. The van der Waals surface area contributed by atoms with Gasteiger partial charge in [0, 0.05) is 18.6 Å². The lowest BCUT2D eigenvalue weighted by atomic mass is 9.70. The van der Waals surface area contributed by atoms with E-state index in [0.717, 1.165) is 31.3 Å². The fourth-order valence-electron chi connectivity index (χ4n) is 5.59. The molecule has 1 aromatic rings.